The Bertz CT molecular complexity index is 8.88. The van der Waals surface area contributed by atoms with Crippen LogP contribution in [-0.4, -0.2) is 38.3 Å². The summed E-state index contributed by atoms with van der Waals surface area (Å²) < 4.78 is 0. The summed E-state index contributed by atoms with van der Waals surface area (Å²) in [7, 11) is 0. The first-order valence-electron chi connectivity index (χ1n) is 0. The second kappa shape index (κ2) is 205. The van der Waals surface area contributed by atoms with Crippen molar-refractivity contribution in [1.82, 2.24) is 0 Å². The number of rotatable bonds is 0. The van der Waals surface area contributed by atoms with Gasteiger partial charge in [0, 0.05) is 0 Å². The zero-order valence-electron chi connectivity index (χ0n) is 4.13. The molecule has 0 heterocycles. The summed E-state index contributed by atoms with van der Waals surface area (Å²) in [5.41, 5.74) is 0. The van der Waals surface area contributed by atoms with Gasteiger partial charge in [0.25, 0.3) is 0 Å². The Kier molecular flexibility index (Phi) is 6370. The first-order valence-corrected chi connectivity index (χ1v) is 0. The van der Waals surface area contributed by atoms with Gasteiger partial charge in [0.1, 0.15) is 0 Å². The summed E-state index contributed by atoms with van der Waals surface area (Å²) in [6.45, 7) is 0. The fourth-order valence-corrected chi connectivity index (χ4v) is 0. The smallest absolute Gasteiger partial charge is 0.870 e. The molecule has 0 aromatic heterocycles. The normalized spacial score (nSPS) is 0. The predicted octanol–water partition coefficient (Wildman–Crippen LogP) is -1.24. The SMILES string of the molecule is [Ce+3].[OH-].[OH-].[OH-].[OH-].[OH-].[OH-].[OH-].[Zr+4]. The monoisotopic (exact) mass is 349 g/mol. The van der Waals surface area contributed by atoms with Crippen molar-refractivity contribution in [3.05, 3.63) is 0 Å². The molecule has 0 amide bonds. The molecule has 57 valence electrons. The average molecular weight is 350 g/mol. The predicted molar refractivity (Wildman–Crippen MR) is 13.6 cm³/mol. The van der Waals surface area contributed by atoms with Crippen molar-refractivity contribution in [2.45, 2.75) is 0 Å². The van der Waals surface area contributed by atoms with Crippen molar-refractivity contribution >= 4 is 0 Å². The van der Waals surface area contributed by atoms with Gasteiger partial charge >= 0.3 is 68.0 Å². The second-order valence-electron chi connectivity index (χ2n) is 0. The van der Waals surface area contributed by atoms with E-state index in [1.54, 1.807) is 0 Å². The van der Waals surface area contributed by atoms with Crippen molar-refractivity contribution in [2.24, 2.45) is 0 Å². The maximum absolute atomic E-state index is 0. The van der Waals surface area contributed by atoms with Crippen LogP contribution in [0.3, 0.4) is 0 Å². The Labute approximate surface area is 105 Å². The second-order valence-corrected chi connectivity index (χ2v) is 0. The average Bonchev–Trinajstić information content (AvgIpc) is 0. The van der Waals surface area contributed by atoms with Gasteiger partial charge in [-0.2, -0.15) is 0 Å². The van der Waals surface area contributed by atoms with Crippen LogP contribution in [0.15, 0.2) is 0 Å². The zero-order valence-corrected chi connectivity index (χ0v) is 9.73. The van der Waals surface area contributed by atoms with E-state index in [2.05, 4.69) is 0 Å². The van der Waals surface area contributed by atoms with Crippen molar-refractivity contribution in [1.29, 1.82) is 0 Å². The van der Waals surface area contributed by atoms with E-state index >= 15 is 0 Å². The molecule has 0 unspecified atom stereocenters. The molecule has 9 heteroatoms. The van der Waals surface area contributed by atoms with Crippen molar-refractivity contribution < 1.29 is 106 Å². The summed E-state index contributed by atoms with van der Waals surface area (Å²) >= 11 is 0. The molecular weight excluding hydrogens is 343 g/mol. The molecule has 0 atom stereocenters. The van der Waals surface area contributed by atoms with E-state index in [-0.39, 0.29) is 106 Å². The molecule has 0 aliphatic rings. The van der Waals surface area contributed by atoms with Gasteiger partial charge in [-0.25, -0.2) is 0 Å². The third-order valence-electron chi connectivity index (χ3n) is 0. The first-order chi connectivity index (χ1) is 0. The molecule has 0 bridgehead atoms. The van der Waals surface area contributed by atoms with E-state index in [1.165, 1.54) is 0 Å². The van der Waals surface area contributed by atoms with Gasteiger partial charge in [-0.3, -0.25) is 0 Å². The van der Waals surface area contributed by atoms with Crippen LogP contribution in [0.2, 0.25) is 0 Å². The molecular formula is H7CeO7Zr. The summed E-state index contributed by atoms with van der Waals surface area (Å²) in [6.07, 6.45) is 0. The van der Waals surface area contributed by atoms with E-state index in [0.717, 1.165) is 0 Å². The number of hydrogen-bond acceptors (Lipinski definition) is 7. The molecule has 0 fully saturated rings. The molecule has 0 spiro atoms. The molecule has 0 saturated carbocycles. The fourth-order valence-electron chi connectivity index (χ4n) is 0. The van der Waals surface area contributed by atoms with Crippen LogP contribution in [-0.2, 0) is 26.2 Å². The number of hydrogen-bond donors (Lipinski definition) is 0. The van der Waals surface area contributed by atoms with Crippen LogP contribution in [0.5, 0.6) is 0 Å². The van der Waals surface area contributed by atoms with Gasteiger partial charge in [0.2, 0.25) is 0 Å². The van der Waals surface area contributed by atoms with Crippen LogP contribution >= 0.6 is 0 Å². The Balaban J connectivity index is 0. The summed E-state index contributed by atoms with van der Waals surface area (Å²) in [5.74, 6) is 0. The van der Waals surface area contributed by atoms with Gasteiger partial charge in [0.05, 0.1) is 0 Å². The fraction of sp³-hybridized carbons (Fsp3) is 0. The molecule has 7 N–H and O–H groups in total. The minimum absolute atomic E-state index is 0. The molecule has 9 heavy (non-hydrogen) atoms. The third kappa shape index (κ3) is 162. The minimum atomic E-state index is 0. The van der Waals surface area contributed by atoms with Gasteiger partial charge in [0.15, 0.2) is 0 Å². The van der Waals surface area contributed by atoms with E-state index in [9.17, 15) is 0 Å². The molecule has 7 nitrogen and oxygen atoms in total. The van der Waals surface area contributed by atoms with Crippen LogP contribution in [0.25, 0.3) is 0 Å². The molecule has 1 radical (unpaired) electrons. The minimum Gasteiger partial charge on any atom is -0.870 e. The van der Waals surface area contributed by atoms with Crippen molar-refractivity contribution in [2.75, 3.05) is 0 Å². The Morgan fingerprint density at radius 2 is 0.333 bits per heavy atom. The quantitative estimate of drug-likeness (QED) is 0.517. The van der Waals surface area contributed by atoms with Crippen molar-refractivity contribution in [3.8, 4) is 0 Å². The van der Waals surface area contributed by atoms with E-state index in [0.29, 0.717) is 0 Å². The van der Waals surface area contributed by atoms with Crippen LogP contribution in [0.4, 0.5) is 0 Å². The standard InChI is InChI=1S/Ce.7H2O.Zr/h;7*1H2;/q+3;;;;;;;;+4/p-7. The van der Waals surface area contributed by atoms with E-state index in [4.69, 9.17) is 0 Å². The van der Waals surface area contributed by atoms with Crippen LogP contribution in [0, 0.1) is 41.7 Å². The van der Waals surface area contributed by atoms with Gasteiger partial charge in [-0.05, 0) is 0 Å². The van der Waals surface area contributed by atoms with Crippen LogP contribution < -0.4 is 0 Å². The molecule has 0 aliphatic heterocycles. The Morgan fingerprint density at radius 3 is 0.333 bits per heavy atom. The maximum Gasteiger partial charge on any atom is 4.00 e. The Hall–Kier alpha value is 1.98. The Morgan fingerprint density at radius 1 is 0.333 bits per heavy atom. The van der Waals surface area contributed by atoms with E-state index in [1.807, 2.05) is 0 Å². The molecule has 0 saturated heterocycles. The zero-order chi connectivity index (χ0) is 0. The summed E-state index contributed by atoms with van der Waals surface area (Å²) in [6, 6.07) is 0. The molecule has 0 aromatic carbocycles. The molecule has 0 rings (SSSR count). The molecule has 0 aliphatic carbocycles. The van der Waals surface area contributed by atoms with Gasteiger partial charge in [-0.1, -0.05) is 0 Å². The summed E-state index contributed by atoms with van der Waals surface area (Å²) in [5, 5.41) is 0. The van der Waals surface area contributed by atoms with E-state index < -0.39 is 0 Å². The third-order valence-corrected chi connectivity index (χ3v) is 0. The van der Waals surface area contributed by atoms with Gasteiger partial charge in [-0.15, -0.1) is 0 Å². The van der Waals surface area contributed by atoms with Crippen LogP contribution in [0.1, 0.15) is 0 Å². The van der Waals surface area contributed by atoms with Gasteiger partial charge < -0.3 is 38.3 Å². The maximum atomic E-state index is 0. The topological polar surface area (TPSA) is 210 Å². The summed E-state index contributed by atoms with van der Waals surface area (Å²) in [4.78, 5) is 0. The largest absolute Gasteiger partial charge is 4.00 e. The molecule has 0 aromatic rings. The van der Waals surface area contributed by atoms with Crippen molar-refractivity contribution in [3.63, 3.8) is 0 Å². The first kappa shape index (κ1) is 279.